The summed E-state index contributed by atoms with van der Waals surface area (Å²) < 4.78 is 5.52. The highest BCUT2D eigenvalue weighted by molar-refractivity contribution is 5.79. The average Bonchev–Trinajstić information content (AvgIpc) is 2.92. The van der Waals surface area contributed by atoms with Crippen molar-refractivity contribution in [1.82, 2.24) is 5.32 Å². The molecule has 0 radical (unpaired) electrons. The zero-order valence-electron chi connectivity index (χ0n) is 16.6. The summed E-state index contributed by atoms with van der Waals surface area (Å²) in [5.74, 6) is -0.952. The first-order chi connectivity index (χ1) is 13.2. The minimum atomic E-state index is -0.937. The number of amides is 1. The molecule has 0 saturated carbocycles. The van der Waals surface area contributed by atoms with Crippen molar-refractivity contribution in [2.24, 2.45) is 5.41 Å². The number of carboxylic acids is 1. The lowest BCUT2D eigenvalue weighted by Crippen LogP contribution is -2.39. The molecule has 28 heavy (non-hydrogen) atoms. The number of alkyl carbamates (subject to hydrolysis) is 1. The molecule has 0 heterocycles. The van der Waals surface area contributed by atoms with Gasteiger partial charge in [-0.15, -0.1) is 0 Å². The van der Waals surface area contributed by atoms with Crippen LogP contribution in [0, 0.1) is 5.41 Å². The fourth-order valence-electron chi connectivity index (χ4n) is 3.93. The lowest BCUT2D eigenvalue weighted by molar-refractivity contribution is -0.137. The van der Waals surface area contributed by atoms with Gasteiger partial charge in [-0.2, -0.15) is 0 Å². The predicted molar refractivity (Wildman–Crippen MR) is 108 cm³/mol. The van der Waals surface area contributed by atoms with Crippen molar-refractivity contribution >= 4 is 12.1 Å². The molecular weight excluding hydrogens is 354 g/mol. The Morgan fingerprint density at radius 1 is 1.04 bits per heavy atom. The van der Waals surface area contributed by atoms with Gasteiger partial charge in [0, 0.05) is 12.0 Å². The van der Waals surface area contributed by atoms with Crippen molar-refractivity contribution in [2.75, 3.05) is 6.61 Å². The highest BCUT2D eigenvalue weighted by Gasteiger charge is 2.29. The van der Waals surface area contributed by atoms with Gasteiger partial charge in [-0.1, -0.05) is 69.3 Å². The van der Waals surface area contributed by atoms with Crippen molar-refractivity contribution in [3.63, 3.8) is 0 Å². The van der Waals surface area contributed by atoms with E-state index >= 15 is 0 Å². The van der Waals surface area contributed by atoms with Gasteiger partial charge in [-0.25, -0.2) is 4.79 Å². The van der Waals surface area contributed by atoms with E-state index in [1.165, 1.54) is 11.1 Å². The molecule has 5 heteroatoms. The second-order valence-electron chi connectivity index (χ2n) is 8.53. The van der Waals surface area contributed by atoms with Crippen LogP contribution in [0.4, 0.5) is 4.79 Å². The van der Waals surface area contributed by atoms with Gasteiger partial charge in [0.05, 0.1) is 6.42 Å². The van der Waals surface area contributed by atoms with Crippen molar-refractivity contribution in [3.8, 4) is 11.1 Å². The second kappa shape index (κ2) is 8.05. The van der Waals surface area contributed by atoms with Gasteiger partial charge in [0.25, 0.3) is 0 Å². The van der Waals surface area contributed by atoms with E-state index in [-0.39, 0.29) is 24.4 Å². The number of rotatable bonds is 6. The van der Waals surface area contributed by atoms with E-state index in [4.69, 9.17) is 9.84 Å². The number of fused-ring (bicyclic) bond motifs is 3. The average molecular weight is 381 g/mol. The molecule has 1 atom stereocenters. The summed E-state index contributed by atoms with van der Waals surface area (Å²) >= 11 is 0. The summed E-state index contributed by atoms with van der Waals surface area (Å²) in [5.41, 5.74) is 4.53. The lowest BCUT2D eigenvalue weighted by Gasteiger charge is -2.25. The molecule has 5 nitrogen and oxygen atoms in total. The number of hydrogen-bond donors (Lipinski definition) is 2. The van der Waals surface area contributed by atoms with Gasteiger partial charge in [0.15, 0.2) is 0 Å². The third-order valence-corrected chi connectivity index (χ3v) is 4.95. The monoisotopic (exact) mass is 381 g/mol. The first kappa shape index (κ1) is 19.9. The molecule has 0 spiro atoms. The van der Waals surface area contributed by atoms with Crippen LogP contribution in [0.5, 0.6) is 0 Å². The van der Waals surface area contributed by atoms with Crippen LogP contribution < -0.4 is 5.32 Å². The molecule has 0 unspecified atom stereocenters. The SMILES string of the molecule is CC(C)(C)C[C@H](CC(=O)O)NC(=O)OCC1c2ccccc2-c2ccccc21. The van der Waals surface area contributed by atoms with Gasteiger partial charge in [0.2, 0.25) is 0 Å². The molecule has 2 aromatic carbocycles. The summed E-state index contributed by atoms with van der Waals surface area (Å²) in [5, 5.41) is 11.9. The van der Waals surface area contributed by atoms with Gasteiger partial charge >= 0.3 is 12.1 Å². The van der Waals surface area contributed by atoms with Crippen molar-refractivity contribution < 1.29 is 19.4 Å². The molecule has 2 N–H and O–H groups in total. The largest absolute Gasteiger partial charge is 0.481 e. The lowest BCUT2D eigenvalue weighted by atomic mass is 9.87. The van der Waals surface area contributed by atoms with Gasteiger partial charge in [-0.3, -0.25) is 4.79 Å². The topological polar surface area (TPSA) is 75.6 Å². The van der Waals surface area contributed by atoms with Crippen LogP contribution >= 0.6 is 0 Å². The van der Waals surface area contributed by atoms with Gasteiger partial charge < -0.3 is 15.2 Å². The van der Waals surface area contributed by atoms with E-state index in [9.17, 15) is 9.59 Å². The normalized spacial score (nSPS) is 14.1. The molecule has 3 rings (SSSR count). The van der Waals surface area contributed by atoms with Crippen LogP contribution in [0.1, 0.15) is 50.7 Å². The molecule has 0 saturated heterocycles. The van der Waals surface area contributed by atoms with Crippen LogP contribution in [-0.4, -0.2) is 29.8 Å². The number of hydrogen-bond acceptors (Lipinski definition) is 3. The molecule has 0 fully saturated rings. The molecule has 0 aromatic heterocycles. The number of ether oxygens (including phenoxy) is 1. The van der Waals surface area contributed by atoms with E-state index in [1.807, 2.05) is 45.0 Å². The van der Waals surface area contributed by atoms with Crippen LogP contribution in [0.25, 0.3) is 11.1 Å². The fraction of sp³-hybridized carbons (Fsp3) is 0.391. The number of carboxylic acid groups (broad SMARTS) is 1. The molecule has 1 aliphatic carbocycles. The maximum Gasteiger partial charge on any atom is 0.407 e. The maximum absolute atomic E-state index is 12.4. The Balaban J connectivity index is 1.68. The first-order valence-corrected chi connectivity index (χ1v) is 9.58. The van der Waals surface area contributed by atoms with Crippen LogP contribution in [0.3, 0.4) is 0 Å². The molecule has 0 bridgehead atoms. The molecule has 1 aliphatic rings. The summed E-state index contributed by atoms with van der Waals surface area (Å²) in [6.07, 6.45) is -0.136. The summed E-state index contributed by atoms with van der Waals surface area (Å²) in [6, 6.07) is 15.8. The molecular formula is C23H27NO4. The Kier molecular flexibility index (Phi) is 5.73. The second-order valence-corrected chi connectivity index (χ2v) is 8.53. The first-order valence-electron chi connectivity index (χ1n) is 9.58. The highest BCUT2D eigenvalue weighted by Crippen LogP contribution is 2.44. The number of aliphatic carboxylic acids is 1. The zero-order chi connectivity index (χ0) is 20.3. The van der Waals surface area contributed by atoms with E-state index in [0.717, 1.165) is 11.1 Å². The Hall–Kier alpha value is -2.82. The number of benzene rings is 2. The molecule has 2 aromatic rings. The number of nitrogens with one attached hydrogen (secondary N) is 1. The fourth-order valence-corrected chi connectivity index (χ4v) is 3.93. The van der Waals surface area contributed by atoms with Crippen LogP contribution in [0.2, 0.25) is 0 Å². The highest BCUT2D eigenvalue weighted by atomic mass is 16.5. The number of carbonyl (C=O) groups excluding carboxylic acids is 1. The minimum Gasteiger partial charge on any atom is -0.481 e. The maximum atomic E-state index is 12.4. The Labute approximate surface area is 165 Å². The van der Waals surface area contributed by atoms with E-state index in [1.54, 1.807) is 0 Å². The standard InChI is InChI=1S/C23H27NO4/c1-23(2,3)13-15(12-21(25)26)24-22(27)28-14-20-18-10-6-4-8-16(18)17-9-5-7-11-19(17)20/h4-11,15,20H,12-14H2,1-3H3,(H,24,27)(H,25,26)/t15-/m0/s1. The Bertz CT molecular complexity index is 823. The third-order valence-electron chi connectivity index (χ3n) is 4.95. The minimum absolute atomic E-state index is 0.0151. The van der Waals surface area contributed by atoms with Crippen molar-refractivity contribution in [1.29, 1.82) is 0 Å². The number of carbonyl (C=O) groups is 2. The van der Waals surface area contributed by atoms with Gasteiger partial charge in [-0.05, 0) is 34.1 Å². The van der Waals surface area contributed by atoms with E-state index in [2.05, 4.69) is 29.6 Å². The Morgan fingerprint density at radius 3 is 2.07 bits per heavy atom. The van der Waals surface area contributed by atoms with E-state index in [0.29, 0.717) is 6.42 Å². The smallest absolute Gasteiger partial charge is 0.407 e. The van der Waals surface area contributed by atoms with Crippen LogP contribution in [0.15, 0.2) is 48.5 Å². The third kappa shape index (κ3) is 4.71. The van der Waals surface area contributed by atoms with Crippen LogP contribution in [-0.2, 0) is 9.53 Å². The molecule has 0 aliphatic heterocycles. The molecule has 1 amide bonds. The molecule has 148 valence electrons. The van der Waals surface area contributed by atoms with Crippen molar-refractivity contribution in [3.05, 3.63) is 59.7 Å². The predicted octanol–water partition coefficient (Wildman–Crippen LogP) is 4.80. The zero-order valence-corrected chi connectivity index (χ0v) is 16.6. The summed E-state index contributed by atoms with van der Waals surface area (Å²) in [4.78, 5) is 23.5. The van der Waals surface area contributed by atoms with Gasteiger partial charge in [0.1, 0.15) is 6.61 Å². The summed E-state index contributed by atoms with van der Waals surface area (Å²) in [6.45, 7) is 6.26. The van der Waals surface area contributed by atoms with E-state index < -0.39 is 18.1 Å². The van der Waals surface area contributed by atoms with Crippen molar-refractivity contribution in [2.45, 2.75) is 45.6 Å². The summed E-state index contributed by atoms with van der Waals surface area (Å²) in [7, 11) is 0. The quantitative estimate of drug-likeness (QED) is 0.753. The Morgan fingerprint density at radius 2 is 1.57 bits per heavy atom.